The van der Waals surface area contributed by atoms with Crippen LogP contribution < -0.4 is 4.72 Å². The smallest absolute Gasteiger partial charge is 0.392 e. The molecule has 0 rings (SSSR count). The number of aliphatic hydroxyl groups excluding tert-OH is 1. The molecule has 0 saturated heterocycles. The summed E-state index contributed by atoms with van der Waals surface area (Å²) in [7, 11) is 0. The summed E-state index contributed by atoms with van der Waals surface area (Å²) in [5.74, 6) is -3.79. The Hall–Kier alpha value is -0.250. The van der Waals surface area contributed by atoms with Gasteiger partial charge >= 0.3 is 12.4 Å². The Bertz CT molecular complexity index is 487. The first-order valence-corrected chi connectivity index (χ1v) is 9.83. The predicted molar refractivity (Wildman–Crippen MR) is 98.8 cm³/mol. The second-order valence-electron chi connectivity index (χ2n) is 5.96. The van der Waals surface area contributed by atoms with E-state index in [0.717, 1.165) is 24.9 Å². The van der Waals surface area contributed by atoms with Gasteiger partial charge in [-0.15, -0.1) is 29.8 Å². The molecule has 0 aliphatic carbocycles. The van der Waals surface area contributed by atoms with Crippen LogP contribution in [0.3, 0.4) is 0 Å². The zero-order valence-corrected chi connectivity index (χ0v) is 17.1. The lowest BCUT2D eigenvalue weighted by molar-refractivity contribution is -0.193. The first-order chi connectivity index (χ1) is 12.3. The highest BCUT2D eigenvalue weighted by Gasteiger charge is 2.41. The fraction of sp³-hybridized carbons (Fsp3) is 0.750. The molecule has 27 heavy (non-hydrogen) atoms. The predicted octanol–water partition coefficient (Wildman–Crippen LogP) is 6.05. The number of rotatable bonds is 11. The third-order valence-electron chi connectivity index (χ3n) is 3.95. The lowest BCUT2D eigenvalue weighted by Crippen LogP contribution is -2.33. The van der Waals surface area contributed by atoms with E-state index in [-0.39, 0.29) is 12.3 Å². The summed E-state index contributed by atoms with van der Waals surface area (Å²) in [5, 5.41) is 8.12. The van der Waals surface area contributed by atoms with Crippen molar-refractivity contribution in [2.24, 2.45) is 11.8 Å². The number of aliphatic hydroxyl groups is 1. The van der Waals surface area contributed by atoms with Crippen LogP contribution in [-0.2, 0) is 0 Å². The van der Waals surface area contributed by atoms with Gasteiger partial charge in [0, 0.05) is 23.4 Å². The molecule has 0 aliphatic rings. The van der Waals surface area contributed by atoms with Crippen LogP contribution in [0.2, 0.25) is 0 Å². The number of allylic oxidation sites excluding steroid dienone is 2. The maximum Gasteiger partial charge on any atom is 0.395 e. The van der Waals surface area contributed by atoms with Crippen LogP contribution >= 0.6 is 35.1 Å². The lowest BCUT2D eigenvalue weighted by Gasteiger charge is -2.26. The fourth-order valence-electron chi connectivity index (χ4n) is 1.95. The number of nitrogens with one attached hydrogen (secondary N) is 1. The molecular weight excluding hydrogens is 439 g/mol. The third-order valence-corrected chi connectivity index (χ3v) is 6.28. The summed E-state index contributed by atoms with van der Waals surface area (Å²) in [6.45, 7) is 5.58. The van der Waals surface area contributed by atoms with Crippen molar-refractivity contribution >= 4 is 35.1 Å². The number of halogens is 8. The molecule has 0 aliphatic heterocycles. The maximum atomic E-state index is 12.8. The van der Waals surface area contributed by atoms with E-state index in [0.29, 0.717) is 5.70 Å². The molecule has 0 amide bonds. The monoisotopic (exact) mass is 461 g/mol. The van der Waals surface area contributed by atoms with E-state index in [1.165, 1.54) is 6.08 Å². The number of hydrogen-bond acceptors (Lipinski definition) is 3. The molecule has 5 atom stereocenters. The zero-order chi connectivity index (χ0) is 21.4. The third kappa shape index (κ3) is 9.67. The summed E-state index contributed by atoms with van der Waals surface area (Å²) in [5.41, 5.74) is 0.290. The van der Waals surface area contributed by atoms with Crippen LogP contribution in [0.25, 0.3) is 0 Å². The largest absolute Gasteiger partial charge is 0.395 e. The number of hydrogen-bond donors (Lipinski definition) is 2. The van der Waals surface area contributed by atoms with Gasteiger partial charge < -0.3 is 9.83 Å². The molecule has 0 aromatic rings. The molecule has 0 saturated carbocycles. The Labute approximate surface area is 169 Å². The summed E-state index contributed by atoms with van der Waals surface area (Å²) in [4.78, 5) is 0. The van der Waals surface area contributed by atoms with E-state index in [9.17, 15) is 31.4 Å². The summed E-state index contributed by atoms with van der Waals surface area (Å²) in [6, 6.07) is 0. The van der Waals surface area contributed by atoms with Crippen molar-refractivity contribution < 1.29 is 31.4 Å². The van der Waals surface area contributed by atoms with E-state index in [1.54, 1.807) is 6.92 Å². The van der Waals surface area contributed by atoms with E-state index < -0.39 is 47.3 Å². The Morgan fingerprint density at radius 2 is 1.78 bits per heavy atom. The van der Waals surface area contributed by atoms with Gasteiger partial charge in [0.15, 0.2) is 0 Å². The highest BCUT2D eigenvalue weighted by atomic mass is 35.5. The van der Waals surface area contributed by atoms with Crippen molar-refractivity contribution in [3.63, 3.8) is 0 Å². The molecule has 5 unspecified atom stereocenters. The quantitative estimate of drug-likeness (QED) is 0.170. The van der Waals surface area contributed by atoms with E-state index >= 15 is 0 Å². The fourth-order valence-corrected chi connectivity index (χ4v) is 3.71. The van der Waals surface area contributed by atoms with E-state index in [1.807, 2.05) is 0 Å². The first kappa shape index (κ1) is 26.8. The van der Waals surface area contributed by atoms with Crippen LogP contribution in [0, 0.1) is 11.8 Å². The Morgan fingerprint density at radius 3 is 2.15 bits per heavy atom. The molecule has 0 heterocycles. The number of alkyl halides is 8. The molecule has 0 bridgehead atoms. The van der Waals surface area contributed by atoms with Crippen LogP contribution in [0.15, 0.2) is 24.4 Å². The first-order valence-electron chi connectivity index (χ1n) is 7.98. The summed E-state index contributed by atoms with van der Waals surface area (Å²) in [6.07, 6.45) is -9.18. The maximum absolute atomic E-state index is 12.8. The van der Waals surface area contributed by atoms with Gasteiger partial charge in [0.1, 0.15) is 0 Å². The van der Waals surface area contributed by atoms with Crippen LogP contribution in [0.1, 0.15) is 26.7 Å². The molecular formula is C16H23Cl2F6NOS. The lowest BCUT2D eigenvalue weighted by atomic mass is 10.00. The van der Waals surface area contributed by atoms with Crippen molar-refractivity contribution in [2.45, 2.75) is 55.8 Å². The van der Waals surface area contributed by atoms with Gasteiger partial charge in [0.2, 0.25) is 0 Å². The summed E-state index contributed by atoms with van der Waals surface area (Å²) >= 11 is 12.7. The average Bonchev–Trinajstić information content (AvgIpc) is 2.56. The zero-order valence-electron chi connectivity index (χ0n) is 14.7. The molecule has 0 radical (unpaired) electrons. The van der Waals surface area contributed by atoms with Crippen LogP contribution in [0.4, 0.5) is 26.3 Å². The average molecular weight is 462 g/mol. The normalized spacial score (nSPS) is 19.1. The molecule has 0 aromatic heterocycles. The van der Waals surface area contributed by atoms with Gasteiger partial charge in [-0.25, -0.2) is 0 Å². The van der Waals surface area contributed by atoms with Gasteiger partial charge in [-0.3, -0.25) is 0 Å². The highest BCUT2D eigenvalue weighted by molar-refractivity contribution is 7.98. The van der Waals surface area contributed by atoms with E-state index in [2.05, 4.69) is 11.3 Å². The minimum absolute atomic E-state index is 0.0773. The van der Waals surface area contributed by atoms with Crippen molar-refractivity contribution in [1.29, 1.82) is 0 Å². The molecule has 0 spiro atoms. The van der Waals surface area contributed by atoms with Gasteiger partial charge in [-0.1, -0.05) is 19.1 Å². The van der Waals surface area contributed by atoms with Gasteiger partial charge in [0.05, 0.1) is 23.2 Å². The minimum Gasteiger partial charge on any atom is -0.392 e. The van der Waals surface area contributed by atoms with E-state index in [4.69, 9.17) is 23.2 Å². The van der Waals surface area contributed by atoms with Crippen molar-refractivity contribution in [3.8, 4) is 0 Å². The second kappa shape index (κ2) is 11.7. The summed E-state index contributed by atoms with van der Waals surface area (Å²) < 4.78 is 79.1. The van der Waals surface area contributed by atoms with Gasteiger partial charge in [0.25, 0.3) is 0 Å². The second-order valence-corrected chi connectivity index (χ2v) is 7.88. The van der Waals surface area contributed by atoms with Gasteiger partial charge in [-0.05, 0) is 25.3 Å². The molecule has 11 heteroatoms. The molecule has 0 fully saturated rings. The topological polar surface area (TPSA) is 32.3 Å². The Kier molecular flexibility index (Phi) is 11.6. The van der Waals surface area contributed by atoms with Crippen molar-refractivity contribution in [3.05, 3.63) is 24.4 Å². The van der Waals surface area contributed by atoms with Crippen LogP contribution in [0.5, 0.6) is 0 Å². The Balaban J connectivity index is 4.80. The van der Waals surface area contributed by atoms with Crippen LogP contribution in [-0.4, -0.2) is 40.1 Å². The van der Waals surface area contributed by atoms with Crippen molar-refractivity contribution in [2.75, 3.05) is 5.88 Å². The Morgan fingerprint density at radius 1 is 1.22 bits per heavy atom. The van der Waals surface area contributed by atoms with Crippen molar-refractivity contribution in [1.82, 2.24) is 4.72 Å². The molecule has 2 nitrogen and oxygen atoms in total. The van der Waals surface area contributed by atoms with Gasteiger partial charge in [-0.2, -0.15) is 26.3 Å². The molecule has 2 N–H and O–H groups in total. The standard InChI is InChI=1S/C16H23Cl2F6NOS/c1-4-10(16(22,23)24)6-12(18)14(8-17)27-25-11(5-2)7-13(26)9(3)15(19,20)21/h4-5,9-10,12-14,25-26H,1,6-8H2,2-3H3/b11-5+. The highest BCUT2D eigenvalue weighted by Crippen LogP contribution is 2.35. The SMILES string of the molecule is C=CC(CC(Cl)C(CCl)SN/C(=C/C)CC(O)C(C)C(F)(F)F)C(F)(F)F. The minimum atomic E-state index is -4.54. The molecule has 0 aromatic carbocycles. The molecule has 160 valence electrons.